The molecule has 0 aromatic heterocycles. The number of nitrogens with one attached hydrogen (secondary N) is 1. The third kappa shape index (κ3) is 53.3. The van der Waals surface area contributed by atoms with Crippen LogP contribution in [0.1, 0.15) is 250 Å². The van der Waals surface area contributed by atoms with E-state index < -0.39 is 57.9 Å². The van der Waals surface area contributed by atoms with E-state index in [4.69, 9.17) is 43.4 Å². The van der Waals surface area contributed by atoms with Gasteiger partial charge in [-0.05, 0) is 226 Å². The average Bonchev–Trinajstić information content (AvgIpc) is 1.06. The Balaban J connectivity index is -0.000000176. The number of esters is 2. The summed E-state index contributed by atoms with van der Waals surface area (Å²) in [5.41, 5.74) is -3.15. The van der Waals surface area contributed by atoms with Crippen LogP contribution in [0.4, 0.5) is 19.2 Å². The minimum Gasteiger partial charge on any atom is -1.00 e. The molecular formula is C73H141BKN5NaO21. The number of Topliss-reactive ketones (excluding diaryl/α,β-unsaturated/α-hetero) is 3. The number of aliphatic hydroxyl groups is 4. The van der Waals surface area contributed by atoms with Crippen LogP contribution >= 0.6 is 0 Å². The van der Waals surface area contributed by atoms with Crippen LogP contribution in [0.25, 0.3) is 0 Å². The van der Waals surface area contributed by atoms with Crippen molar-refractivity contribution in [1.29, 1.82) is 0 Å². The first-order valence-corrected chi connectivity index (χ1v) is 35.7. The molecule has 0 aromatic carbocycles. The summed E-state index contributed by atoms with van der Waals surface area (Å²) in [6.45, 7) is 43.7. The van der Waals surface area contributed by atoms with Crippen molar-refractivity contribution in [3.05, 3.63) is 0 Å². The maximum absolute atomic E-state index is 12.4. The molecule has 3 radical (unpaired) electrons. The minimum absolute atomic E-state index is 0. The van der Waals surface area contributed by atoms with Crippen LogP contribution in [-0.4, -0.2) is 248 Å². The number of nitrogens with zero attached hydrogens (tertiary/aromatic N) is 4. The van der Waals surface area contributed by atoms with Gasteiger partial charge in [0.15, 0.2) is 5.78 Å². The maximum Gasteiger partial charge on any atom is 1.00 e. The smallest absolute Gasteiger partial charge is 1.00 e. The second kappa shape index (κ2) is 60.4. The van der Waals surface area contributed by atoms with Crippen molar-refractivity contribution in [2.24, 2.45) is 29.1 Å². The number of ketones is 3. The van der Waals surface area contributed by atoms with E-state index in [0.717, 1.165) is 78.5 Å². The quantitative estimate of drug-likeness (QED) is 0.106. The van der Waals surface area contributed by atoms with Gasteiger partial charge in [-0.3, -0.25) is 24.0 Å². The molecule has 6 aliphatic rings. The van der Waals surface area contributed by atoms with Crippen LogP contribution in [0.5, 0.6) is 0 Å². The Hall–Kier alpha value is -2.55. The predicted molar refractivity (Wildman–Crippen MR) is 389 cm³/mol. The molecule has 0 aromatic rings. The van der Waals surface area contributed by atoms with E-state index in [2.05, 4.69) is 19.2 Å². The van der Waals surface area contributed by atoms with Crippen LogP contribution < -0.4 is 86.3 Å². The molecule has 6 aliphatic heterocycles. The number of amides is 4. The van der Waals surface area contributed by atoms with Gasteiger partial charge in [0.25, 0.3) is 0 Å². The third-order valence-electron chi connectivity index (χ3n) is 16.0. The van der Waals surface area contributed by atoms with Crippen molar-refractivity contribution in [1.82, 2.24) is 24.9 Å². The van der Waals surface area contributed by atoms with Crippen LogP contribution in [0, 0.1) is 29.1 Å². The van der Waals surface area contributed by atoms with E-state index in [-0.39, 0.29) is 197 Å². The van der Waals surface area contributed by atoms with Crippen molar-refractivity contribution in [2.75, 3.05) is 106 Å². The first kappa shape index (κ1) is 113. The van der Waals surface area contributed by atoms with Gasteiger partial charge in [0, 0.05) is 113 Å². The largest absolute Gasteiger partial charge is 1.00 e. The molecule has 102 heavy (non-hydrogen) atoms. The van der Waals surface area contributed by atoms with E-state index >= 15 is 0 Å². The van der Waals surface area contributed by atoms with Gasteiger partial charge < -0.3 is 85.4 Å². The van der Waals surface area contributed by atoms with Gasteiger partial charge in [-0.2, -0.15) is 0 Å². The summed E-state index contributed by atoms with van der Waals surface area (Å²) >= 11 is 0. The molecule has 6 heterocycles. The van der Waals surface area contributed by atoms with Gasteiger partial charge >= 0.3 is 117 Å². The van der Waals surface area contributed by atoms with E-state index in [9.17, 15) is 53.4 Å². The summed E-state index contributed by atoms with van der Waals surface area (Å²) in [7, 11) is 1.00. The average molecular weight is 1500 g/mol. The summed E-state index contributed by atoms with van der Waals surface area (Å²) in [5, 5.41) is 37.1. The van der Waals surface area contributed by atoms with E-state index in [1.54, 1.807) is 79.0 Å². The standard InChI is InChI=1S/C16H27NO5.C15H25NO5.C13H25NO3.C13H23NO3.C8H17NO.C4H8O.C2H6O.CH4O.CH4.B.K.Na.H2O.H/c1-6-21-13(19)16(5)9-7-10-17(11-8-12(16)18)14(20)22-15(2,3)4;1-5-20-13(18)11-7-6-9-16(10-8-12(11)17)14(19)21-15(2,3)4;2*1-10-6-5-8-14(9-7-11(10)15)12(16)17-13(2,3)4;1-7-3-2-5-9-6-4-8(7)10;1-2-4-5-3-1;1-2-3;1-2;;;;;;/h6-11H2,1-5H3;11H,5-10H2,1-4H3;10-11,15H,5-9H2,1-4H3;10H,5-9H2,1-4H3;7-10H,2-6H2,1H3;1-4H2;3H,2H2,1H3;2H,1H3;1H4;;;;1H2;/q;;;;;;;;;;2*+1;;-1/p-1. The first-order chi connectivity index (χ1) is 45.1. The fourth-order valence-electron chi connectivity index (χ4n) is 10.3. The molecule has 4 amide bonds. The topological polar surface area (TPSA) is 354 Å². The summed E-state index contributed by atoms with van der Waals surface area (Å²) in [6, 6.07) is 0. The molecule has 6 fully saturated rings. The molecule has 0 spiro atoms. The molecule has 26 nitrogen and oxygen atoms in total. The Morgan fingerprint density at radius 2 is 0.892 bits per heavy atom. The zero-order valence-electron chi connectivity index (χ0n) is 67.7. The number of carbonyl (C=O) groups is 9. The van der Waals surface area contributed by atoms with Crippen molar-refractivity contribution in [3.8, 4) is 0 Å². The van der Waals surface area contributed by atoms with Crippen molar-refractivity contribution in [3.63, 3.8) is 0 Å². The van der Waals surface area contributed by atoms with Gasteiger partial charge in [0.05, 0.1) is 25.4 Å². The summed E-state index contributed by atoms with van der Waals surface area (Å²) in [4.78, 5) is 114. The van der Waals surface area contributed by atoms with Gasteiger partial charge in [-0.25, -0.2) is 19.2 Å². The van der Waals surface area contributed by atoms with E-state index in [0.29, 0.717) is 83.1 Å². The Kier molecular flexibility index (Phi) is 66.7. The molecule has 6 saturated heterocycles. The number of rotatable bonds is 4. The van der Waals surface area contributed by atoms with Gasteiger partial charge in [0.2, 0.25) is 0 Å². The van der Waals surface area contributed by atoms with Crippen molar-refractivity contribution >= 4 is 62.1 Å². The Morgan fingerprint density at radius 1 is 0.529 bits per heavy atom. The molecule has 0 bridgehead atoms. The van der Waals surface area contributed by atoms with Gasteiger partial charge in [-0.1, -0.05) is 28.2 Å². The van der Waals surface area contributed by atoms with Crippen molar-refractivity contribution < 1.29 is 185 Å². The molecule has 0 saturated carbocycles. The summed E-state index contributed by atoms with van der Waals surface area (Å²) in [6.07, 6.45) is 11.0. The number of carbonyl (C=O) groups excluding carboxylic acids is 9. The molecule has 6 N–H and O–H groups in total. The maximum atomic E-state index is 12.4. The summed E-state index contributed by atoms with van der Waals surface area (Å²) in [5.74, 6) is -0.738. The van der Waals surface area contributed by atoms with Crippen LogP contribution in [0.15, 0.2) is 0 Å². The zero-order valence-corrected chi connectivity index (χ0v) is 71.8. The number of likely N-dealkylation sites (tertiary alicyclic amines) is 4. The van der Waals surface area contributed by atoms with E-state index in [1.807, 2.05) is 48.5 Å². The minimum atomic E-state index is -1.10. The van der Waals surface area contributed by atoms with Crippen LogP contribution in [0.3, 0.4) is 0 Å². The fraction of sp³-hybridized carbons (Fsp3) is 0.877. The third-order valence-corrected chi connectivity index (χ3v) is 16.0. The van der Waals surface area contributed by atoms with Gasteiger partial charge in [-0.15, -0.1) is 0 Å². The van der Waals surface area contributed by atoms with E-state index in [1.165, 1.54) is 29.1 Å². The SMILES string of the molecule is C.C1CCOC1.CC1CCCN(C(=O)OC(C)(C)C)CCC1=O.CC1CCCN(C(=O)OC(C)(C)C)CCC1O.CC1CCCNCCC1O.CCO.CCOC(=O)C1(C)CCCN(C(=O)OC(C)(C)C)CCC1=O.CCOC(=O)C1CCCN(C(=O)OC(C)(C)C)CCC1=O.CO.[B].[H-].[K+].[Na+].[OH-]. The molecule has 6 rings (SSSR count). The Bertz CT molecular complexity index is 2270. The normalized spacial score (nSPS) is 22.6. The zero-order chi connectivity index (χ0) is 74.8. The molecule has 7 atom stereocenters. The second-order valence-electron chi connectivity index (χ2n) is 29.5. The predicted octanol–water partition coefficient (Wildman–Crippen LogP) is 5.08. The first-order valence-electron chi connectivity index (χ1n) is 35.7. The Labute approximate surface area is 683 Å². The number of hydrogen-bond acceptors (Lipinski definition) is 22. The van der Waals surface area contributed by atoms with Crippen molar-refractivity contribution in [2.45, 2.75) is 283 Å². The fourth-order valence-corrected chi connectivity index (χ4v) is 10.3. The molecular weight excluding hydrogens is 1360 g/mol. The number of ether oxygens (including phenoxy) is 7. The molecule has 0 aliphatic carbocycles. The van der Waals surface area contributed by atoms with Crippen LogP contribution in [-0.2, 0) is 57.1 Å². The molecule has 7 unspecified atom stereocenters. The Morgan fingerprint density at radius 3 is 1.29 bits per heavy atom. The van der Waals surface area contributed by atoms with Crippen LogP contribution in [0.2, 0.25) is 0 Å². The molecule has 589 valence electrons. The number of hydrogen-bond donors (Lipinski definition) is 5. The monoisotopic (exact) mass is 1500 g/mol. The summed E-state index contributed by atoms with van der Waals surface area (Å²) < 4.78 is 36.2. The molecule has 29 heteroatoms. The number of aliphatic hydroxyl groups excluding tert-OH is 4. The van der Waals surface area contributed by atoms with Gasteiger partial charge in [0.1, 0.15) is 45.3 Å². The second-order valence-corrected chi connectivity index (χ2v) is 29.5.